The van der Waals surface area contributed by atoms with Crippen LogP contribution in [0, 0.1) is 5.92 Å². The standard InChI is InChI=1S/C14H23NO2S/c1-3-5-11(6-4-2)14(17)15-9-13(16)12-7-8-18-10-12/h7-8,10-11,13,16H,3-6,9H2,1-2H3,(H,15,17). The van der Waals surface area contributed by atoms with Crippen molar-refractivity contribution in [2.24, 2.45) is 5.92 Å². The zero-order chi connectivity index (χ0) is 13.4. The van der Waals surface area contributed by atoms with Crippen LogP contribution in [-0.4, -0.2) is 17.6 Å². The Morgan fingerprint density at radius 1 is 1.39 bits per heavy atom. The van der Waals surface area contributed by atoms with E-state index in [0.717, 1.165) is 31.2 Å². The summed E-state index contributed by atoms with van der Waals surface area (Å²) in [5.41, 5.74) is 0.878. The molecule has 1 heterocycles. The zero-order valence-corrected chi connectivity index (χ0v) is 12.0. The maximum Gasteiger partial charge on any atom is 0.223 e. The van der Waals surface area contributed by atoms with Crippen molar-refractivity contribution in [3.05, 3.63) is 22.4 Å². The van der Waals surface area contributed by atoms with Gasteiger partial charge in [0, 0.05) is 12.5 Å². The van der Waals surface area contributed by atoms with Gasteiger partial charge in [0.25, 0.3) is 0 Å². The van der Waals surface area contributed by atoms with E-state index >= 15 is 0 Å². The Hall–Kier alpha value is -0.870. The highest BCUT2D eigenvalue weighted by atomic mass is 32.1. The van der Waals surface area contributed by atoms with E-state index in [1.165, 1.54) is 0 Å². The fraction of sp³-hybridized carbons (Fsp3) is 0.643. The molecule has 0 saturated carbocycles. The molecule has 18 heavy (non-hydrogen) atoms. The van der Waals surface area contributed by atoms with Crippen LogP contribution in [0.25, 0.3) is 0 Å². The SMILES string of the molecule is CCCC(CCC)C(=O)NCC(O)c1ccsc1. The van der Waals surface area contributed by atoms with Crippen LogP contribution in [0.15, 0.2) is 16.8 Å². The molecule has 0 radical (unpaired) electrons. The van der Waals surface area contributed by atoms with Crippen LogP contribution in [0.1, 0.15) is 51.2 Å². The monoisotopic (exact) mass is 269 g/mol. The van der Waals surface area contributed by atoms with Crippen LogP contribution in [0.3, 0.4) is 0 Å². The molecule has 0 fully saturated rings. The summed E-state index contributed by atoms with van der Waals surface area (Å²) >= 11 is 1.55. The van der Waals surface area contributed by atoms with Gasteiger partial charge < -0.3 is 10.4 Å². The van der Waals surface area contributed by atoms with E-state index in [1.807, 2.05) is 16.8 Å². The van der Waals surface area contributed by atoms with Crippen molar-refractivity contribution >= 4 is 17.2 Å². The van der Waals surface area contributed by atoms with Gasteiger partial charge in [0.2, 0.25) is 5.91 Å². The molecule has 0 aliphatic rings. The van der Waals surface area contributed by atoms with Gasteiger partial charge in [-0.15, -0.1) is 0 Å². The van der Waals surface area contributed by atoms with Crippen molar-refractivity contribution in [3.8, 4) is 0 Å². The first-order valence-electron chi connectivity index (χ1n) is 6.66. The van der Waals surface area contributed by atoms with E-state index < -0.39 is 6.10 Å². The number of rotatable bonds is 8. The van der Waals surface area contributed by atoms with Gasteiger partial charge in [-0.05, 0) is 35.2 Å². The Morgan fingerprint density at radius 2 is 2.06 bits per heavy atom. The molecule has 1 amide bonds. The Kier molecular flexibility index (Phi) is 6.98. The van der Waals surface area contributed by atoms with Crippen molar-refractivity contribution < 1.29 is 9.90 Å². The van der Waals surface area contributed by atoms with Gasteiger partial charge in [-0.25, -0.2) is 0 Å². The molecule has 4 heteroatoms. The highest BCUT2D eigenvalue weighted by molar-refractivity contribution is 7.07. The largest absolute Gasteiger partial charge is 0.387 e. The van der Waals surface area contributed by atoms with Crippen molar-refractivity contribution in [1.29, 1.82) is 0 Å². The van der Waals surface area contributed by atoms with E-state index in [-0.39, 0.29) is 11.8 Å². The van der Waals surface area contributed by atoms with E-state index in [9.17, 15) is 9.90 Å². The lowest BCUT2D eigenvalue weighted by atomic mass is 9.97. The van der Waals surface area contributed by atoms with Gasteiger partial charge in [0.1, 0.15) is 0 Å². The lowest BCUT2D eigenvalue weighted by Gasteiger charge is -2.17. The van der Waals surface area contributed by atoms with Crippen LogP contribution >= 0.6 is 11.3 Å². The quantitative estimate of drug-likeness (QED) is 0.762. The van der Waals surface area contributed by atoms with E-state index in [0.29, 0.717) is 6.54 Å². The summed E-state index contributed by atoms with van der Waals surface area (Å²) in [4.78, 5) is 12.0. The summed E-state index contributed by atoms with van der Waals surface area (Å²) in [6, 6.07) is 1.89. The summed E-state index contributed by atoms with van der Waals surface area (Å²) in [6.07, 6.45) is 3.29. The van der Waals surface area contributed by atoms with Gasteiger partial charge in [-0.3, -0.25) is 4.79 Å². The first kappa shape index (κ1) is 15.2. The third kappa shape index (κ3) is 4.78. The number of amides is 1. The van der Waals surface area contributed by atoms with Gasteiger partial charge in [-0.1, -0.05) is 26.7 Å². The number of hydrogen-bond donors (Lipinski definition) is 2. The van der Waals surface area contributed by atoms with Gasteiger partial charge in [0.05, 0.1) is 6.10 Å². The molecule has 102 valence electrons. The summed E-state index contributed by atoms with van der Waals surface area (Å²) in [7, 11) is 0. The molecular formula is C14H23NO2S. The molecule has 3 nitrogen and oxygen atoms in total. The first-order valence-corrected chi connectivity index (χ1v) is 7.61. The van der Waals surface area contributed by atoms with Crippen LogP contribution in [0.2, 0.25) is 0 Å². The van der Waals surface area contributed by atoms with Crippen LogP contribution in [-0.2, 0) is 4.79 Å². The molecule has 1 rings (SSSR count). The van der Waals surface area contributed by atoms with Crippen LogP contribution < -0.4 is 5.32 Å². The second-order valence-electron chi connectivity index (χ2n) is 4.59. The number of thiophene rings is 1. The second-order valence-corrected chi connectivity index (χ2v) is 5.37. The van der Waals surface area contributed by atoms with E-state index in [2.05, 4.69) is 19.2 Å². The highest BCUT2D eigenvalue weighted by Gasteiger charge is 2.17. The topological polar surface area (TPSA) is 49.3 Å². The Labute approximate surface area is 113 Å². The molecule has 0 spiro atoms. The lowest BCUT2D eigenvalue weighted by molar-refractivity contribution is -0.125. The highest BCUT2D eigenvalue weighted by Crippen LogP contribution is 2.17. The predicted molar refractivity (Wildman–Crippen MR) is 75.6 cm³/mol. The Bertz CT molecular complexity index is 332. The fourth-order valence-electron chi connectivity index (χ4n) is 2.03. The Morgan fingerprint density at radius 3 is 2.56 bits per heavy atom. The molecular weight excluding hydrogens is 246 g/mol. The maximum atomic E-state index is 12.0. The normalized spacial score (nSPS) is 12.7. The Balaban J connectivity index is 2.39. The van der Waals surface area contributed by atoms with Crippen molar-refractivity contribution in [1.82, 2.24) is 5.32 Å². The van der Waals surface area contributed by atoms with Gasteiger partial charge in [0.15, 0.2) is 0 Å². The maximum absolute atomic E-state index is 12.0. The summed E-state index contributed by atoms with van der Waals surface area (Å²) in [5.74, 6) is 0.169. The smallest absolute Gasteiger partial charge is 0.223 e. The fourth-order valence-corrected chi connectivity index (χ4v) is 2.73. The molecule has 1 aromatic rings. The van der Waals surface area contributed by atoms with Gasteiger partial charge >= 0.3 is 0 Å². The van der Waals surface area contributed by atoms with Crippen molar-refractivity contribution in [2.45, 2.75) is 45.6 Å². The molecule has 1 atom stereocenters. The van der Waals surface area contributed by atoms with Crippen molar-refractivity contribution in [2.75, 3.05) is 6.54 Å². The molecule has 0 aromatic carbocycles. The number of hydrogen-bond acceptors (Lipinski definition) is 3. The summed E-state index contributed by atoms with van der Waals surface area (Å²) < 4.78 is 0. The lowest BCUT2D eigenvalue weighted by Crippen LogP contribution is -2.33. The number of aliphatic hydroxyl groups is 1. The number of nitrogens with one attached hydrogen (secondary N) is 1. The minimum Gasteiger partial charge on any atom is -0.387 e. The second kappa shape index (κ2) is 8.27. The first-order chi connectivity index (χ1) is 8.69. The molecule has 0 aliphatic heterocycles. The molecule has 0 saturated heterocycles. The average Bonchev–Trinajstić information content (AvgIpc) is 2.89. The number of carbonyl (C=O) groups is 1. The molecule has 1 unspecified atom stereocenters. The molecule has 2 N–H and O–H groups in total. The molecule has 0 aliphatic carbocycles. The van der Waals surface area contributed by atoms with E-state index in [4.69, 9.17) is 0 Å². The van der Waals surface area contributed by atoms with Crippen molar-refractivity contribution in [3.63, 3.8) is 0 Å². The third-order valence-corrected chi connectivity index (χ3v) is 3.74. The molecule has 1 aromatic heterocycles. The number of aliphatic hydroxyl groups excluding tert-OH is 1. The van der Waals surface area contributed by atoms with Crippen LogP contribution in [0.5, 0.6) is 0 Å². The zero-order valence-electron chi connectivity index (χ0n) is 11.2. The van der Waals surface area contributed by atoms with Crippen LogP contribution in [0.4, 0.5) is 0 Å². The third-order valence-electron chi connectivity index (χ3n) is 3.04. The average molecular weight is 269 g/mol. The predicted octanol–water partition coefficient (Wildman–Crippen LogP) is 3.11. The van der Waals surface area contributed by atoms with E-state index in [1.54, 1.807) is 11.3 Å². The summed E-state index contributed by atoms with van der Waals surface area (Å²) in [6.45, 7) is 4.49. The minimum atomic E-state index is -0.593. The van der Waals surface area contributed by atoms with Gasteiger partial charge in [-0.2, -0.15) is 11.3 Å². The molecule has 0 bridgehead atoms. The summed E-state index contributed by atoms with van der Waals surface area (Å²) in [5, 5.41) is 16.6. The minimum absolute atomic E-state index is 0.0768. The number of carbonyl (C=O) groups excluding carboxylic acids is 1.